The van der Waals surface area contributed by atoms with E-state index in [1.54, 1.807) is 0 Å². The molecule has 5 nitrogen and oxygen atoms in total. The molecule has 1 N–H and O–H groups in total. The molecular weight excluding hydrogens is 250 g/mol. The van der Waals surface area contributed by atoms with Crippen molar-refractivity contribution in [1.82, 2.24) is 15.5 Å². The number of nitrogens with one attached hydrogen (secondary N) is 1. The molecule has 100 valence electrons. The molecular formula is C12H19N3O2S. The molecule has 0 spiro atoms. The van der Waals surface area contributed by atoms with Crippen LogP contribution in [-0.4, -0.2) is 40.8 Å². The largest absolute Gasteiger partial charge is 0.367 e. The summed E-state index contributed by atoms with van der Waals surface area (Å²) in [5.74, 6) is 3.74. The average Bonchev–Trinajstić information content (AvgIpc) is 3.01. The third-order valence-corrected chi connectivity index (χ3v) is 4.71. The molecule has 2 fully saturated rings. The summed E-state index contributed by atoms with van der Waals surface area (Å²) in [6, 6.07) is 0.453. The Hall–Kier alpha value is -0.590. The van der Waals surface area contributed by atoms with Crippen molar-refractivity contribution in [1.29, 1.82) is 0 Å². The molecule has 2 unspecified atom stereocenters. The van der Waals surface area contributed by atoms with Gasteiger partial charge in [-0.3, -0.25) is 0 Å². The van der Waals surface area contributed by atoms with E-state index in [4.69, 9.17) is 9.26 Å². The van der Waals surface area contributed by atoms with E-state index in [2.05, 4.69) is 15.5 Å². The van der Waals surface area contributed by atoms with Gasteiger partial charge in [0.05, 0.1) is 0 Å². The van der Waals surface area contributed by atoms with Crippen molar-refractivity contribution in [2.75, 3.05) is 24.7 Å². The van der Waals surface area contributed by atoms with Crippen molar-refractivity contribution in [3.63, 3.8) is 0 Å². The summed E-state index contributed by atoms with van der Waals surface area (Å²) in [5.41, 5.74) is -0.337. The Morgan fingerprint density at radius 2 is 2.50 bits per heavy atom. The van der Waals surface area contributed by atoms with Gasteiger partial charge < -0.3 is 14.6 Å². The zero-order valence-electron chi connectivity index (χ0n) is 10.6. The van der Waals surface area contributed by atoms with Crippen LogP contribution in [0.15, 0.2) is 4.52 Å². The van der Waals surface area contributed by atoms with Crippen LogP contribution in [-0.2, 0) is 16.8 Å². The molecule has 18 heavy (non-hydrogen) atoms. The molecule has 1 aromatic heterocycles. The molecule has 0 aromatic carbocycles. The SMILES string of the molecule is CC1(c2noc(CC3CSCCN3)n2)CCCO1. The van der Waals surface area contributed by atoms with E-state index in [9.17, 15) is 0 Å². The Morgan fingerprint density at radius 1 is 1.56 bits per heavy atom. The molecule has 3 rings (SSSR count). The van der Waals surface area contributed by atoms with Crippen LogP contribution >= 0.6 is 11.8 Å². The van der Waals surface area contributed by atoms with Crippen LogP contribution in [0.2, 0.25) is 0 Å². The number of thioether (sulfide) groups is 1. The summed E-state index contributed by atoms with van der Waals surface area (Å²) < 4.78 is 11.1. The Morgan fingerprint density at radius 3 is 3.22 bits per heavy atom. The average molecular weight is 269 g/mol. The summed E-state index contributed by atoms with van der Waals surface area (Å²) in [4.78, 5) is 4.51. The number of ether oxygens (including phenoxy) is 1. The standard InChI is InChI=1S/C12H19N3O2S/c1-12(3-2-5-16-12)11-14-10(17-15-11)7-9-8-18-6-4-13-9/h9,13H,2-8H2,1H3. The van der Waals surface area contributed by atoms with Gasteiger partial charge in [0.1, 0.15) is 5.60 Å². The van der Waals surface area contributed by atoms with Crippen LogP contribution in [0.5, 0.6) is 0 Å². The Kier molecular flexibility index (Phi) is 3.59. The van der Waals surface area contributed by atoms with Crippen LogP contribution in [0, 0.1) is 0 Å². The third-order valence-electron chi connectivity index (χ3n) is 3.58. The molecule has 1 aromatic rings. The van der Waals surface area contributed by atoms with Gasteiger partial charge >= 0.3 is 0 Å². The highest BCUT2D eigenvalue weighted by Gasteiger charge is 2.36. The van der Waals surface area contributed by atoms with Gasteiger partial charge in [0.25, 0.3) is 0 Å². The van der Waals surface area contributed by atoms with E-state index >= 15 is 0 Å². The van der Waals surface area contributed by atoms with Gasteiger partial charge in [-0.25, -0.2) is 0 Å². The zero-order chi connectivity index (χ0) is 12.4. The van der Waals surface area contributed by atoms with Crippen molar-refractivity contribution in [3.8, 4) is 0 Å². The first-order chi connectivity index (χ1) is 8.76. The molecule has 2 aliphatic heterocycles. The van der Waals surface area contributed by atoms with Crippen LogP contribution < -0.4 is 5.32 Å². The second-order valence-electron chi connectivity index (χ2n) is 5.12. The topological polar surface area (TPSA) is 60.2 Å². The van der Waals surface area contributed by atoms with Gasteiger partial charge in [0.15, 0.2) is 0 Å². The number of nitrogens with zero attached hydrogens (tertiary/aromatic N) is 2. The maximum Gasteiger partial charge on any atom is 0.228 e. The van der Waals surface area contributed by atoms with Crippen LogP contribution in [0.4, 0.5) is 0 Å². The number of rotatable bonds is 3. The normalized spacial score (nSPS) is 32.8. The van der Waals surface area contributed by atoms with Crippen molar-refractivity contribution in [2.24, 2.45) is 0 Å². The molecule has 2 saturated heterocycles. The number of aromatic nitrogens is 2. The van der Waals surface area contributed by atoms with E-state index in [0.717, 1.165) is 44.1 Å². The predicted molar refractivity (Wildman–Crippen MR) is 69.7 cm³/mol. The first kappa shape index (κ1) is 12.4. The van der Waals surface area contributed by atoms with Gasteiger partial charge in [-0.2, -0.15) is 16.7 Å². The summed E-state index contributed by atoms with van der Waals surface area (Å²) in [6.07, 6.45) is 2.86. The number of hydrogen-bond donors (Lipinski definition) is 1. The van der Waals surface area contributed by atoms with Crippen molar-refractivity contribution < 1.29 is 9.26 Å². The fraction of sp³-hybridized carbons (Fsp3) is 0.833. The second-order valence-corrected chi connectivity index (χ2v) is 6.27. The maximum atomic E-state index is 5.73. The van der Waals surface area contributed by atoms with E-state index in [1.165, 1.54) is 5.75 Å². The quantitative estimate of drug-likeness (QED) is 0.893. The van der Waals surface area contributed by atoms with Crippen LogP contribution in [0.1, 0.15) is 31.5 Å². The minimum absolute atomic E-state index is 0.337. The van der Waals surface area contributed by atoms with Crippen LogP contribution in [0.25, 0.3) is 0 Å². The van der Waals surface area contributed by atoms with Gasteiger partial charge in [-0.15, -0.1) is 0 Å². The minimum atomic E-state index is -0.337. The molecule has 0 bridgehead atoms. The summed E-state index contributed by atoms with van der Waals surface area (Å²) in [7, 11) is 0. The highest BCUT2D eigenvalue weighted by atomic mass is 32.2. The van der Waals surface area contributed by atoms with Crippen molar-refractivity contribution in [3.05, 3.63) is 11.7 Å². The smallest absolute Gasteiger partial charge is 0.228 e. The summed E-state index contributed by atoms with van der Waals surface area (Å²) in [6.45, 7) is 3.90. The van der Waals surface area contributed by atoms with Gasteiger partial charge in [-0.1, -0.05) is 5.16 Å². The fourth-order valence-corrected chi connectivity index (χ4v) is 3.42. The highest BCUT2D eigenvalue weighted by molar-refractivity contribution is 7.99. The second kappa shape index (κ2) is 5.19. The van der Waals surface area contributed by atoms with E-state index < -0.39 is 0 Å². The maximum absolute atomic E-state index is 5.73. The zero-order valence-corrected chi connectivity index (χ0v) is 11.5. The fourth-order valence-electron chi connectivity index (χ4n) is 2.47. The lowest BCUT2D eigenvalue weighted by Gasteiger charge is -2.21. The van der Waals surface area contributed by atoms with Crippen LogP contribution in [0.3, 0.4) is 0 Å². The lowest BCUT2D eigenvalue weighted by atomic mass is 10.0. The highest BCUT2D eigenvalue weighted by Crippen LogP contribution is 2.33. The first-order valence-electron chi connectivity index (χ1n) is 6.54. The molecule has 0 radical (unpaired) electrons. The molecule has 6 heteroatoms. The Bertz CT molecular complexity index is 398. The summed E-state index contributed by atoms with van der Waals surface area (Å²) in [5, 5.41) is 7.57. The predicted octanol–water partition coefficient (Wildman–Crippen LogP) is 1.34. The monoisotopic (exact) mass is 269 g/mol. The van der Waals surface area contributed by atoms with Crippen molar-refractivity contribution in [2.45, 2.75) is 37.8 Å². The molecule has 2 atom stereocenters. The van der Waals surface area contributed by atoms with E-state index in [-0.39, 0.29) is 5.60 Å². The minimum Gasteiger partial charge on any atom is -0.367 e. The van der Waals surface area contributed by atoms with E-state index in [1.807, 2.05) is 18.7 Å². The lowest BCUT2D eigenvalue weighted by molar-refractivity contribution is 0.00768. The molecule has 3 heterocycles. The number of hydrogen-bond acceptors (Lipinski definition) is 6. The first-order valence-corrected chi connectivity index (χ1v) is 7.70. The third kappa shape index (κ3) is 2.55. The van der Waals surface area contributed by atoms with E-state index in [0.29, 0.717) is 11.9 Å². The summed E-state index contributed by atoms with van der Waals surface area (Å²) >= 11 is 1.98. The van der Waals surface area contributed by atoms with Gasteiger partial charge in [0.2, 0.25) is 11.7 Å². The molecule has 0 amide bonds. The molecule has 0 aliphatic carbocycles. The lowest BCUT2D eigenvalue weighted by Crippen LogP contribution is -2.39. The van der Waals surface area contributed by atoms with Gasteiger partial charge in [0, 0.05) is 37.1 Å². The Balaban J connectivity index is 1.65. The molecule has 0 saturated carbocycles. The Labute approximate surface area is 111 Å². The van der Waals surface area contributed by atoms with Gasteiger partial charge in [-0.05, 0) is 19.8 Å². The van der Waals surface area contributed by atoms with Crippen molar-refractivity contribution >= 4 is 11.8 Å². The molecule has 2 aliphatic rings.